The second-order valence-corrected chi connectivity index (χ2v) is 12.2. The number of hydrogen-bond acceptors (Lipinski definition) is 7. The number of nitrogens with zero attached hydrogens (tertiary/aromatic N) is 3. The molecular weight excluding hydrogens is 546 g/mol. The molecule has 1 spiro atoms. The Balaban J connectivity index is 1.77. The molecule has 7 atom stereocenters. The number of aliphatic hydroxyl groups is 1. The fourth-order valence-electron chi connectivity index (χ4n) is 7.64. The standard InChI is InChI=1S/C34H49N3O6/c1-8-13-14-20-42-32(41)28-27-30(39)37(24(10-3)22-38)29(34(27)21-23(6)33(28,7)43-34)31(40)36(19-9-2)26-17-15-25(16-18-26)35(11-4)12-5/h8-9,15-18,23-24,27-29,38H,1-2,10-14,19-22H2,3-7H3/t23?,24-,27-,28-,29?,33+,34?/m0/s1. The number of carbonyl (C=O) groups is 3. The van der Waals surface area contributed by atoms with Crippen LogP contribution in [0.25, 0.3) is 0 Å². The highest BCUT2D eigenvalue weighted by Crippen LogP contribution is 2.65. The van der Waals surface area contributed by atoms with E-state index in [0.29, 0.717) is 31.4 Å². The Morgan fingerprint density at radius 2 is 1.81 bits per heavy atom. The SMILES string of the molecule is C=CCCCOC(=O)[C@@H]1[C@H]2C(=O)N([C@@H](CC)CO)C(C(=O)N(CC=C)c3ccc(N(CC)CC)cc3)C23CC(C)[C@@]1(C)O3. The van der Waals surface area contributed by atoms with Crippen LogP contribution in [0.4, 0.5) is 11.4 Å². The Hall–Kier alpha value is -3.17. The van der Waals surface area contributed by atoms with E-state index in [1.807, 2.05) is 45.0 Å². The summed E-state index contributed by atoms with van der Waals surface area (Å²) in [4.78, 5) is 48.2. The number of anilines is 2. The van der Waals surface area contributed by atoms with Crippen LogP contribution in [0.2, 0.25) is 0 Å². The molecular formula is C34H49N3O6. The maximum Gasteiger partial charge on any atom is 0.312 e. The fourth-order valence-corrected chi connectivity index (χ4v) is 7.64. The second kappa shape index (κ2) is 13.2. The quantitative estimate of drug-likeness (QED) is 0.183. The van der Waals surface area contributed by atoms with Gasteiger partial charge in [0, 0.05) is 31.0 Å². The number of aliphatic hydroxyl groups excluding tert-OH is 1. The molecule has 0 saturated carbocycles. The first-order valence-electron chi connectivity index (χ1n) is 15.8. The van der Waals surface area contributed by atoms with Gasteiger partial charge in [-0.3, -0.25) is 14.4 Å². The highest BCUT2D eigenvalue weighted by atomic mass is 16.6. The molecule has 43 heavy (non-hydrogen) atoms. The van der Waals surface area contributed by atoms with Gasteiger partial charge in [-0.2, -0.15) is 0 Å². The van der Waals surface area contributed by atoms with E-state index in [-0.39, 0.29) is 37.5 Å². The molecule has 3 saturated heterocycles. The first-order chi connectivity index (χ1) is 20.6. The van der Waals surface area contributed by atoms with Gasteiger partial charge in [0.05, 0.1) is 30.8 Å². The van der Waals surface area contributed by atoms with E-state index in [1.54, 1.807) is 17.1 Å². The highest BCUT2D eigenvalue weighted by Gasteiger charge is 2.80. The summed E-state index contributed by atoms with van der Waals surface area (Å²) >= 11 is 0. The maximum atomic E-state index is 14.8. The number of esters is 1. The molecule has 2 amide bonds. The Morgan fingerprint density at radius 3 is 2.37 bits per heavy atom. The minimum Gasteiger partial charge on any atom is -0.465 e. The van der Waals surface area contributed by atoms with E-state index in [2.05, 4.69) is 31.9 Å². The van der Waals surface area contributed by atoms with Gasteiger partial charge in [0.15, 0.2) is 0 Å². The molecule has 9 heteroatoms. The Morgan fingerprint density at radius 1 is 1.16 bits per heavy atom. The van der Waals surface area contributed by atoms with Crippen LogP contribution in [0.3, 0.4) is 0 Å². The zero-order chi connectivity index (χ0) is 31.5. The Bertz CT molecular complexity index is 1200. The van der Waals surface area contributed by atoms with Crippen LogP contribution in [0.5, 0.6) is 0 Å². The monoisotopic (exact) mass is 595 g/mol. The van der Waals surface area contributed by atoms with Gasteiger partial charge < -0.3 is 29.3 Å². The van der Waals surface area contributed by atoms with Crippen molar-refractivity contribution in [1.82, 2.24) is 4.90 Å². The van der Waals surface area contributed by atoms with E-state index < -0.39 is 41.1 Å². The van der Waals surface area contributed by atoms with E-state index in [9.17, 15) is 19.5 Å². The fraction of sp³-hybridized carbons (Fsp3) is 0.618. The second-order valence-electron chi connectivity index (χ2n) is 12.2. The van der Waals surface area contributed by atoms with Crippen LogP contribution >= 0.6 is 0 Å². The molecule has 2 bridgehead atoms. The van der Waals surface area contributed by atoms with E-state index in [1.165, 1.54) is 4.90 Å². The van der Waals surface area contributed by atoms with Crippen molar-refractivity contribution in [1.29, 1.82) is 0 Å². The van der Waals surface area contributed by atoms with Crippen LogP contribution in [-0.2, 0) is 23.9 Å². The van der Waals surface area contributed by atoms with E-state index >= 15 is 0 Å². The summed E-state index contributed by atoms with van der Waals surface area (Å²) in [5.41, 5.74) is -0.460. The third-order valence-electron chi connectivity index (χ3n) is 9.98. The lowest BCUT2D eigenvalue weighted by atomic mass is 9.62. The smallest absolute Gasteiger partial charge is 0.312 e. The summed E-state index contributed by atoms with van der Waals surface area (Å²) in [6.07, 6.45) is 5.67. The van der Waals surface area contributed by atoms with Gasteiger partial charge in [-0.25, -0.2) is 0 Å². The van der Waals surface area contributed by atoms with Gasteiger partial charge in [-0.15, -0.1) is 13.2 Å². The summed E-state index contributed by atoms with van der Waals surface area (Å²) in [5.74, 6) is -2.96. The molecule has 3 unspecified atom stereocenters. The minimum absolute atomic E-state index is 0.104. The van der Waals surface area contributed by atoms with E-state index in [0.717, 1.165) is 18.8 Å². The van der Waals surface area contributed by atoms with Crippen LogP contribution < -0.4 is 9.80 Å². The van der Waals surface area contributed by atoms with Gasteiger partial charge in [0.1, 0.15) is 17.6 Å². The van der Waals surface area contributed by atoms with Gasteiger partial charge >= 0.3 is 5.97 Å². The minimum atomic E-state index is -1.23. The number of fused-ring (bicyclic) bond motifs is 1. The van der Waals surface area contributed by atoms with Crippen LogP contribution in [0, 0.1) is 17.8 Å². The first kappa shape index (κ1) is 32.7. The number of unbranched alkanes of at least 4 members (excludes halogenated alkanes) is 1. The topological polar surface area (TPSA) is 99.6 Å². The number of benzene rings is 1. The van der Waals surface area contributed by atoms with Crippen LogP contribution in [0.15, 0.2) is 49.6 Å². The van der Waals surface area contributed by atoms with Crippen molar-refractivity contribution >= 4 is 29.2 Å². The van der Waals surface area contributed by atoms with E-state index in [4.69, 9.17) is 9.47 Å². The molecule has 9 nitrogen and oxygen atoms in total. The molecule has 0 radical (unpaired) electrons. The largest absolute Gasteiger partial charge is 0.465 e. The molecule has 3 fully saturated rings. The van der Waals surface area contributed by atoms with Crippen molar-refractivity contribution in [2.75, 3.05) is 42.6 Å². The maximum absolute atomic E-state index is 14.8. The highest BCUT2D eigenvalue weighted by molar-refractivity contribution is 6.05. The van der Waals surface area contributed by atoms with Gasteiger partial charge in [-0.1, -0.05) is 26.0 Å². The van der Waals surface area contributed by atoms with Crippen molar-refractivity contribution in [3.8, 4) is 0 Å². The summed E-state index contributed by atoms with van der Waals surface area (Å²) in [6.45, 7) is 19.4. The lowest BCUT2D eigenvalue weighted by Gasteiger charge is -2.39. The van der Waals surface area contributed by atoms with Gasteiger partial charge in [0.25, 0.3) is 5.91 Å². The van der Waals surface area contributed by atoms with Crippen molar-refractivity contribution in [2.24, 2.45) is 17.8 Å². The normalized spacial score (nSPS) is 29.7. The summed E-state index contributed by atoms with van der Waals surface area (Å²) in [7, 11) is 0. The number of ether oxygens (including phenoxy) is 2. The zero-order valence-electron chi connectivity index (χ0n) is 26.5. The summed E-state index contributed by atoms with van der Waals surface area (Å²) < 4.78 is 12.5. The average molecular weight is 596 g/mol. The molecule has 3 aliphatic rings. The molecule has 1 N–H and O–H groups in total. The predicted octanol–water partition coefficient (Wildman–Crippen LogP) is 4.34. The van der Waals surface area contributed by atoms with Crippen molar-refractivity contribution in [2.45, 2.75) is 83.6 Å². The predicted molar refractivity (Wildman–Crippen MR) is 168 cm³/mol. The number of amides is 2. The zero-order valence-corrected chi connectivity index (χ0v) is 26.5. The molecule has 3 aliphatic heterocycles. The summed E-state index contributed by atoms with van der Waals surface area (Å²) in [6, 6.07) is 6.18. The Labute approximate surface area is 256 Å². The first-order valence-corrected chi connectivity index (χ1v) is 15.8. The van der Waals surface area contributed by atoms with Crippen molar-refractivity contribution in [3.63, 3.8) is 0 Å². The van der Waals surface area contributed by atoms with Gasteiger partial charge in [0.2, 0.25) is 5.91 Å². The number of hydrogen-bond donors (Lipinski definition) is 1. The Kier molecular flexibility index (Phi) is 10.1. The average Bonchev–Trinajstić information content (AvgIpc) is 3.52. The number of likely N-dealkylation sites (tertiary alicyclic amines) is 1. The van der Waals surface area contributed by atoms with Gasteiger partial charge in [-0.05, 0) is 76.6 Å². The third-order valence-corrected chi connectivity index (χ3v) is 9.98. The number of rotatable bonds is 15. The lowest BCUT2D eigenvalue weighted by Crippen LogP contribution is -2.59. The third kappa shape index (κ3) is 5.39. The van der Waals surface area contributed by atoms with Crippen molar-refractivity contribution < 1.29 is 29.0 Å². The lowest BCUT2D eigenvalue weighted by molar-refractivity contribution is -0.162. The van der Waals surface area contributed by atoms with Crippen LogP contribution in [-0.4, -0.2) is 83.9 Å². The summed E-state index contributed by atoms with van der Waals surface area (Å²) in [5, 5.41) is 10.4. The van der Waals surface area contributed by atoms with Crippen molar-refractivity contribution in [3.05, 3.63) is 49.6 Å². The molecule has 1 aromatic rings. The van der Waals surface area contributed by atoms with Crippen LogP contribution in [0.1, 0.15) is 60.3 Å². The molecule has 1 aromatic carbocycles. The number of carbonyl (C=O) groups excluding carboxylic acids is 3. The molecule has 4 rings (SSSR count). The number of allylic oxidation sites excluding steroid dienone is 1. The molecule has 3 heterocycles. The molecule has 0 aromatic heterocycles. The molecule has 236 valence electrons. The molecule has 0 aliphatic carbocycles.